The second kappa shape index (κ2) is 5.86. The Balaban J connectivity index is 2.80. The van der Waals surface area contributed by atoms with Gasteiger partial charge in [0.2, 0.25) is 0 Å². The average molecular weight is 256 g/mol. The Hall–Kier alpha value is -1.56. The Morgan fingerprint density at radius 3 is 2.56 bits per heavy atom. The smallest absolute Gasteiger partial charge is 0.326 e. The molecule has 1 saturated heterocycles. The lowest BCUT2D eigenvalue weighted by atomic mass is 10.2. The van der Waals surface area contributed by atoms with E-state index in [0.717, 1.165) is 5.57 Å². The van der Waals surface area contributed by atoms with E-state index in [4.69, 9.17) is 5.11 Å². The third kappa shape index (κ3) is 3.22. The Kier molecular flexibility index (Phi) is 4.72. The standard InChI is InChI=1S/C12H20N2O4/c1-4-13(6-8(2)3)12(18)14-7-9(15)5-10(14)11(16)17/h9-10,15H,2,4-7H2,1,3H3,(H,16,17)/t9-,10-/m1/s1. The maximum absolute atomic E-state index is 12.2. The molecule has 1 rings (SSSR count). The molecule has 6 nitrogen and oxygen atoms in total. The molecule has 1 heterocycles. The Morgan fingerprint density at radius 1 is 1.50 bits per heavy atom. The van der Waals surface area contributed by atoms with Gasteiger partial charge in [0.25, 0.3) is 0 Å². The van der Waals surface area contributed by atoms with Crippen LogP contribution in [0.2, 0.25) is 0 Å². The highest BCUT2D eigenvalue weighted by molar-refractivity contribution is 5.83. The molecule has 0 aliphatic carbocycles. The van der Waals surface area contributed by atoms with Gasteiger partial charge in [-0.2, -0.15) is 0 Å². The zero-order chi connectivity index (χ0) is 13.9. The lowest BCUT2D eigenvalue weighted by molar-refractivity contribution is -0.141. The van der Waals surface area contributed by atoms with Gasteiger partial charge in [0.15, 0.2) is 0 Å². The topological polar surface area (TPSA) is 81.1 Å². The SMILES string of the molecule is C=C(C)CN(CC)C(=O)N1C[C@H](O)C[C@@H]1C(=O)O. The molecule has 2 N–H and O–H groups in total. The number of hydrogen-bond donors (Lipinski definition) is 2. The first-order valence-electron chi connectivity index (χ1n) is 5.97. The van der Waals surface area contributed by atoms with E-state index in [1.807, 2.05) is 13.8 Å². The highest BCUT2D eigenvalue weighted by Crippen LogP contribution is 2.20. The summed E-state index contributed by atoms with van der Waals surface area (Å²) in [6.07, 6.45) is -0.676. The van der Waals surface area contributed by atoms with Crippen LogP contribution >= 0.6 is 0 Å². The summed E-state index contributed by atoms with van der Waals surface area (Å²) in [6, 6.07) is -1.30. The number of carboxylic acids is 1. The van der Waals surface area contributed by atoms with Crippen LogP contribution in [0.3, 0.4) is 0 Å². The van der Waals surface area contributed by atoms with Crippen LogP contribution in [0.4, 0.5) is 4.79 Å². The number of likely N-dealkylation sites (tertiary alicyclic amines) is 1. The van der Waals surface area contributed by atoms with Gasteiger partial charge in [-0.05, 0) is 13.8 Å². The van der Waals surface area contributed by atoms with Gasteiger partial charge in [-0.1, -0.05) is 12.2 Å². The molecule has 1 aliphatic rings. The number of aliphatic carboxylic acids is 1. The van der Waals surface area contributed by atoms with E-state index in [-0.39, 0.29) is 19.0 Å². The van der Waals surface area contributed by atoms with Crippen molar-refractivity contribution in [3.05, 3.63) is 12.2 Å². The summed E-state index contributed by atoms with van der Waals surface area (Å²) < 4.78 is 0. The Bertz CT molecular complexity index is 356. The first kappa shape index (κ1) is 14.5. The molecule has 0 aromatic rings. The third-order valence-corrected chi connectivity index (χ3v) is 2.92. The molecule has 0 spiro atoms. The summed E-state index contributed by atoms with van der Waals surface area (Å²) in [5.74, 6) is -1.08. The van der Waals surface area contributed by atoms with E-state index in [2.05, 4.69) is 6.58 Å². The fourth-order valence-electron chi connectivity index (χ4n) is 2.08. The molecule has 0 unspecified atom stereocenters. The molecule has 1 fully saturated rings. The first-order valence-corrected chi connectivity index (χ1v) is 5.97. The molecule has 18 heavy (non-hydrogen) atoms. The molecule has 2 atom stereocenters. The number of amides is 2. The molecule has 0 aromatic heterocycles. The predicted molar refractivity (Wildman–Crippen MR) is 66.2 cm³/mol. The van der Waals surface area contributed by atoms with Gasteiger partial charge in [0.1, 0.15) is 6.04 Å². The molecule has 102 valence electrons. The summed E-state index contributed by atoms with van der Waals surface area (Å²) in [5, 5.41) is 18.6. The molecular formula is C12H20N2O4. The van der Waals surface area contributed by atoms with Crippen LogP contribution < -0.4 is 0 Å². The van der Waals surface area contributed by atoms with Crippen molar-refractivity contribution in [2.24, 2.45) is 0 Å². The maximum atomic E-state index is 12.2. The summed E-state index contributed by atoms with van der Waals surface area (Å²) in [4.78, 5) is 26.0. The number of carbonyl (C=O) groups is 2. The zero-order valence-corrected chi connectivity index (χ0v) is 10.8. The van der Waals surface area contributed by atoms with E-state index >= 15 is 0 Å². The second-order valence-corrected chi connectivity index (χ2v) is 4.65. The third-order valence-electron chi connectivity index (χ3n) is 2.92. The van der Waals surface area contributed by atoms with E-state index in [1.54, 1.807) is 0 Å². The van der Waals surface area contributed by atoms with Gasteiger partial charge in [-0.3, -0.25) is 0 Å². The number of aliphatic hydroxyl groups is 1. The van der Waals surface area contributed by atoms with Crippen LogP contribution in [0.25, 0.3) is 0 Å². The number of hydrogen-bond acceptors (Lipinski definition) is 3. The number of carboxylic acid groups (broad SMARTS) is 1. The van der Waals surface area contributed by atoms with Crippen LogP contribution in [0, 0.1) is 0 Å². The molecule has 2 amide bonds. The molecular weight excluding hydrogens is 236 g/mol. The van der Waals surface area contributed by atoms with Crippen molar-refractivity contribution in [2.45, 2.75) is 32.4 Å². The number of β-amino-alcohol motifs (C(OH)–C–C–N with tert-alkyl or cyclic N) is 1. The average Bonchev–Trinajstić information content (AvgIpc) is 2.67. The lowest BCUT2D eigenvalue weighted by Crippen LogP contribution is -2.48. The van der Waals surface area contributed by atoms with Crippen molar-refractivity contribution in [1.82, 2.24) is 9.80 Å². The van der Waals surface area contributed by atoms with Gasteiger partial charge in [0.05, 0.1) is 6.10 Å². The monoisotopic (exact) mass is 256 g/mol. The van der Waals surface area contributed by atoms with Crippen molar-refractivity contribution in [3.63, 3.8) is 0 Å². The van der Waals surface area contributed by atoms with Crippen molar-refractivity contribution in [3.8, 4) is 0 Å². The molecule has 1 aliphatic heterocycles. The number of aliphatic hydroxyl groups excluding tert-OH is 1. The van der Waals surface area contributed by atoms with Crippen LogP contribution in [-0.2, 0) is 4.79 Å². The van der Waals surface area contributed by atoms with Crippen LogP contribution in [0.5, 0.6) is 0 Å². The number of urea groups is 1. The minimum Gasteiger partial charge on any atom is -0.480 e. The predicted octanol–water partition coefficient (Wildman–Crippen LogP) is 0.524. The summed E-state index contributed by atoms with van der Waals surface area (Å²) >= 11 is 0. The van der Waals surface area contributed by atoms with Crippen molar-refractivity contribution < 1.29 is 19.8 Å². The zero-order valence-electron chi connectivity index (χ0n) is 10.8. The van der Waals surface area contributed by atoms with Gasteiger partial charge in [-0.25, -0.2) is 9.59 Å². The van der Waals surface area contributed by atoms with Crippen LogP contribution in [-0.4, -0.2) is 63.8 Å². The number of carbonyl (C=O) groups excluding carboxylic acids is 1. The summed E-state index contributed by atoms with van der Waals surface area (Å²) in [6.45, 7) is 8.32. The largest absolute Gasteiger partial charge is 0.480 e. The van der Waals surface area contributed by atoms with Crippen molar-refractivity contribution in [1.29, 1.82) is 0 Å². The van der Waals surface area contributed by atoms with Gasteiger partial charge in [-0.15, -0.1) is 0 Å². The Morgan fingerprint density at radius 2 is 2.11 bits per heavy atom. The van der Waals surface area contributed by atoms with Gasteiger partial charge >= 0.3 is 12.0 Å². The van der Waals surface area contributed by atoms with E-state index in [9.17, 15) is 14.7 Å². The minimum absolute atomic E-state index is 0.0719. The number of rotatable bonds is 4. The summed E-state index contributed by atoms with van der Waals surface area (Å²) in [5.41, 5.74) is 0.830. The molecule has 0 aromatic carbocycles. The second-order valence-electron chi connectivity index (χ2n) is 4.65. The van der Waals surface area contributed by atoms with Crippen molar-refractivity contribution in [2.75, 3.05) is 19.6 Å². The quantitative estimate of drug-likeness (QED) is 0.719. The van der Waals surface area contributed by atoms with Crippen LogP contribution in [0.15, 0.2) is 12.2 Å². The molecule has 0 bridgehead atoms. The summed E-state index contributed by atoms with van der Waals surface area (Å²) in [7, 11) is 0. The maximum Gasteiger partial charge on any atom is 0.326 e. The van der Waals surface area contributed by atoms with E-state index in [1.165, 1.54) is 9.80 Å². The number of likely N-dealkylation sites (N-methyl/N-ethyl adjacent to an activating group) is 1. The number of nitrogens with zero attached hydrogens (tertiary/aromatic N) is 2. The van der Waals surface area contributed by atoms with E-state index < -0.39 is 18.1 Å². The van der Waals surface area contributed by atoms with Crippen molar-refractivity contribution >= 4 is 12.0 Å². The Labute approximate surface area is 106 Å². The van der Waals surface area contributed by atoms with Gasteiger partial charge in [0, 0.05) is 26.1 Å². The molecule has 0 radical (unpaired) electrons. The normalized spacial score (nSPS) is 22.9. The minimum atomic E-state index is -1.08. The molecule has 0 saturated carbocycles. The fourth-order valence-corrected chi connectivity index (χ4v) is 2.08. The first-order chi connectivity index (χ1) is 8.36. The molecule has 6 heteroatoms. The highest BCUT2D eigenvalue weighted by atomic mass is 16.4. The fraction of sp³-hybridized carbons (Fsp3) is 0.667. The highest BCUT2D eigenvalue weighted by Gasteiger charge is 2.40. The lowest BCUT2D eigenvalue weighted by Gasteiger charge is -2.29. The van der Waals surface area contributed by atoms with Crippen LogP contribution in [0.1, 0.15) is 20.3 Å². The van der Waals surface area contributed by atoms with E-state index in [0.29, 0.717) is 13.1 Å². The van der Waals surface area contributed by atoms with Gasteiger partial charge < -0.3 is 20.0 Å².